The van der Waals surface area contributed by atoms with Gasteiger partial charge in [-0.3, -0.25) is 0 Å². The van der Waals surface area contributed by atoms with Gasteiger partial charge < -0.3 is 9.59 Å². The highest BCUT2D eigenvalue weighted by molar-refractivity contribution is 5.82. The predicted octanol–water partition coefficient (Wildman–Crippen LogP) is 2.41. The van der Waals surface area contributed by atoms with Crippen LogP contribution in [0.15, 0.2) is 12.1 Å². The first-order valence-corrected chi connectivity index (χ1v) is 4.45. The van der Waals surface area contributed by atoms with Crippen molar-refractivity contribution in [1.82, 2.24) is 0 Å². The third-order valence-corrected chi connectivity index (χ3v) is 2.03. The van der Waals surface area contributed by atoms with Crippen molar-refractivity contribution in [2.75, 3.05) is 0 Å². The summed E-state index contributed by atoms with van der Waals surface area (Å²) in [4.78, 5) is 21.2. The van der Waals surface area contributed by atoms with Crippen LogP contribution in [0.3, 0.4) is 0 Å². The summed E-state index contributed by atoms with van der Waals surface area (Å²) in [5.74, 6) is 0. The van der Waals surface area contributed by atoms with E-state index in [-0.39, 0.29) is 5.41 Å². The molecular weight excluding hydrogens is 176 g/mol. The Labute approximate surface area is 83.9 Å². The van der Waals surface area contributed by atoms with Crippen LogP contribution in [0.5, 0.6) is 0 Å². The van der Waals surface area contributed by atoms with Crippen LogP contribution in [0.2, 0.25) is 0 Å². The number of hydrogen-bond acceptors (Lipinski definition) is 2. The van der Waals surface area contributed by atoms with Crippen LogP contribution >= 0.6 is 0 Å². The highest BCUT2D eigenvalue weighted by Crippen LogP contribution is 2.23. The molecule has 0 aliphatic carbocycles. The molecule has 0 spiro atoms. The van der Waals surface area contributed by atoms with Gasteiger partial charge in [0.15, 0.2) is 0 Å². The van der Waals surface area contributed by atoms with Gasteiger partial charge in [-0.1, -0.05) is 31.9 Å². The van der Waals surface area contributed by atoms with Gasteiger partial charge >= 0.3 is 0 Å². The molecule has 2 heteroatoms. The summed E-state index contributed by atoms with van der Waals surface area (Å²) in [7, 11) is 0. The molecule has 0 radical (unpaired) electrons. The molecule has 0 unspecified atom stereocenters. The fraction of sp³-hybridized carbons (Fsp3) is 0.333. The topological polar surface area (TPSA) is 34.1 Å². The smallest absolute Gasteiger partial charge is 0.0827 e. The Hall–Kier alpha value is -1.44. The van der Waals surface area contributed by atoms with E-state index in [2.05, 4.69) is 6.07 Å². The minimum Gasteiger partial charge on any atom is -0.344 e. The molecule has 1 aromatic rings. The van der Waals surface area contributed by atoms with Gasteiger partial charge in [0, 0.05) is 0 Å². The van der Waals surface area contributed by atoms with E-state index < -0.39 is 0 Å². The predicted molar refractivity (Wildman–Crippen MR) is 54.8 cm³/mol. The molecule has 0 amide bonds. The monoisotopic (exact) mass is 189 g/mol. The van der Waals surface area contributed by atoms with Crippen LogP contribution in [0.25, 0.3) is 0 Å². The minimum absolute atomic E-state index is 0.0649. The van der Waals surface area contributed by atoms with Crippen molar-refractivity contribution in [3.8, 4) is 0 Å². The zero-order valence-electron chi connectivity index (χ0n) is 8.63. The Morgan fingerprint density at radius 3 is 1.79 bits per heavy atom. The maximum Gasteiger partial charge on any atom is 0.0827 e. The summed E-state index contributed by atoms with van der Waals surface area (Å²) in [6.07, 6.45) is 1.42. The van der Waals surface area contributed by atoms with Crippen molar-refractivity contribution < 1.29 is 9.59 Å². The van der Waals surface area contributed by atoms with Crippen molar-refractivity contribution in [1.29, 1.82) is 0 Å². The second-order valence-corrected chi connectivity index (χ2v) is 4.27. The van der Waals surface area contributed by atoms with E-state index in [1.807, 2.05) is 20.8 Å². The lowest BCUT2D eigenvalue weighted by atomic mass is 9.85. The average molecular weight is 189 g/mol. The van der Waals surface area contributed by atoms with E-state index in [1.54, 1.807) is 12.1 Å². The lowest BCUT2D eigenvalue weighted by Gasteiger charge is -2.23. The van der Waals surface area contributed by atoms with Gasteiger partial charge in [0.1, 0.15) is 0 Å². The third kappa shape index (κ3) is 2.28. The van der Waals surface area contributed by atoms with Crippen molar-refractivity contribution in [3.05, 3.63) is 34.9 Å². The molecule has 0 aromatic heterocycles. The summed E-state index contributed by atoms with van der Waals surface area (Å²) in [5.41, 5.74) is 1.77. The summed E-state index contributed by atoms with van der Waals surface area (Å²) < 4.78 is 0. The van der Waals surface area contributed by atoms with Crippen LogP contribution in [-0.4, -0.2) is 12.6 Å². The quantitative estimate of drug-likeness (QED) is 0.529. The molecule has 1 aromatic carbocycles. The number of hydrogen-bond donors (Lipinski definition) is 0. The van der Waals surface area contributed by atoms with Gasteiger partial charge in [0.05, 0.1) is 12.6 Å². The van der Waals surface area contributed by atoms with Gasteiger partial charge in [-0.05, 0) is 5.41 Å². The molecule has 0 heterocycles. The van der Waals surface area contributed by atoms with E-state index in [0.717, 1.165) is 5.56 Å². The molecule has 0 saturated carbocycles. The zero-order valence-corrected chi connectivity index (χ0v) is 8.63. The van der Waals surface area contributed by atoms with Crippen LogP contribution in [-0.2, 0) is 5.41 Å². The molecule has 0 saturated heterocycles. The zero-order chi connectivity index (χ0) is 10.8. The molecule has 14 heavy (non-hydrogen) atoms. The van der Waals surface area contributed by atoms with E-state index >= 15 is 0 Å². The summed E-state index contributed by atoms with van der Waals surface area (Å²) in [6.45, 7) is 6.10. The molecule has 0 fully saturated rings. The fourth-order valence-corrected chi connectivity index (χ4v) is 1.18. The van der Waals surface area contributed by atoms with Gasteiger partial charge in [0.25, 0.3) is 0 Å². The Balaban J connectivity index is 3.31. The Bertz CT molecular complexity index is 333. The van der Waals surface area contributed by atoms with Crippen molar-refractivity contribution in [2.24, 2.45) is 0 Å². The highest BCUT2D eigenvalue weighted by atomic mass is 16.1. The van der Waals surface area contributed by atoms with Gasteiger partial charge in [-0.15, -0.1) is 23.8 Å². The summed E-state index contributed by atoms with van der Waals surface area (Å²) >= 11 is 0. The first-order chi connectivity index (χ1) is 6.47. The molecular formula is C12H13O2-. The second-order valence-electron chi connectivity index (χ2n) is 4.27. The van der Waals surface area contributed by atoms with E-state index in [1.165, 1.54) is 0 Å². The first kappa shape index (κ1) is 10.6. The molecule has 0 aliphatic rings. The third-order valence-electron chi connectivity index (χ3n) is 2.03. The summed E-state index contributed by atoms with van der Waals surface area (Å²) in [5, 5.41) is 0. The largest absolute Gasteiger partial charge is 0.344 e. The number of rotatable bonds is 2. The van der Waals surface area contributed by atoms with Crippen LogP contribution in [0.4, 0.5) is 0 Å². The lowest BCUT2D eigenvalue weighted by molar-refractivity contribution is 0.112. The molecule has 0 atom stereocenters. The van der Waals surface area contributed by atoms with E-state index in [0.29, 0.717) is 23.7 Å². The number of carbonyl (C=O) groups excluding carboxylic acids is 2. The first-order valence-electron chi connectivity index (χ1n) is 4.45. The molecule has 0 aliphatic heterocycles. The van der Waals surface area contributed by atoms with Crippen LogP contribution < -0.4 is 0 Å². The van der Waals surface area contributed by atoms with Gasteiger partial charge in [0.2, 0.25) is 0 Å². The standard InChI is InChI=1S/C12H13O2/c1-12(2,3)11-5-9(7-13)4-10(6-11)8-14/h5-8H,1-3H3/q-1. The van der Waals surface area contributed by atoms with Crippen LogP contribution in [0.1, 0.15) is 47.1 Å². The van der Waals surface area contributed by atoms with Crippen molar-refractivity contribution >= 4 is 12.6 Å². The minimum atomic E-state index is -0.0649. The fourth-order valence-electron chi connectivity index (χ4n) is 1.18. The van der Waals surface area contributed by atoms with Gasteiger partial charge in [-0.25, -0.2) is 0 Å². The Morgan fingerprint density at radius 2 is 1.50 bits per heavy atom. The van der Waals surface area contributed by atoms with Crippen molar-refractivity contribution in [3.63, 3.8) is 0 Å². The highest BCUT2D eigenvalue weighted by Gasteiger charge is 2.11. The maximum absolute atomic E-state index is 10.6. The molecule has 2 nitrogen and oxygen atoms in total. The lowest BCUT2D eigenvalue weighted by Crippen LogP contribution is -2.12. The van der Waals surface area contributed by atoms with Crippen molar-refractivity contribution in [2.45, 2.75) is 26.2 Å². The Kier molecular flexibility index (Phi) is 2.84. The normalized spacial score (nSPS) is 11.1. The van der Waals surface area contributed by atoms with Gasteiger partial charge in [-0.2, -0.15) is 0 Å². The van der Waals surface area contributed by atoms with E-state index in [4.69, 9.17) is 0 Å². The number of aldehydes is 2. The summed E-state index contributed by atoms with van der Waals surface area (Å²) in [6, 6.07) is 6.25. The average Bonchev–Trinajstić information content (AvgIpc) is 2.15. The van der Waals surface area contributed by atoms with E-state index in [9.17, 15) is 9.59 Å². The van der Waals surface area contributed by atoms with Crippen LogP contribution in [0, 0.1) is 6.07 Å². The molecule has 0 bridgehead atoms. The molecule has 1 rings (SSSR count). The Morgan fingerprint density at radius 1 is 1.07 bits per heavy atom. The SMILES string of the molecule is CC(C)(C)c1cc(C=O)[c-]c(C=O)c1. The molecule has 74 valence electrons. The second kappa shape index (κ2) is 3.74. The maximum atomic E-state index is 10.6. The number of benzene rings is 1. The number of carbonyl (C=O) groups is 2. The molecule has 0 N–H and O–H groups in total.